The lowest BCUT2D eigenvalue weighted by molar-refractivity contribution is -0.117. The summed E-state index contributed by atoms with van der Waals surface area (Å²) in [5.74, 6) is 0.258. The minimum atomic E-state index is 0. The van der Waals surface area contributed by atoms with Crippen LogP contribution in [-0.4, -0.2) is 18.4 Å². The van der Waals surface area contributed by atoms with E-state index in [9.17, 15) is 9.59 Å². The molecule has 1 aromatic rings. The maximum atomic E-state index is 11.9. The Hall–Kier alpha value is -1.59. The maximum absolute atomic E-state index is 11.9. The predicted octanol–water partition coefficient (Wildman–Crippen LogP) is 3.30. The molecule has 1 aromatic carbocycles. The molecule has 4 N–H and O–H groups in total. The first-order valence-corrected chi connectivity index (χ1v) is 8.10. The van der Waals surface area contributed by atoms with Crippen LogP contribution in [0.4, 0.5) is 11.4 Å². The van der Waals surface area contributed by atoms with Crippen LogP contribution in [0.25, 0.3) is 0 Å². The van der Waals surface area contributed by atoms with Gasteiger partial charge in [0.25, 0.3) is 0 Å². The highest BCUT2D eigenvalue weighted by Gasteiger charge is 2.29. The highest BCUT2D eigenvalue weighted by Crippen LogP contribution is 2.30. The first-order chi connectivity index (χ1) is 10.7. The molecule has 0 spiro atoms. The number of amides is 2. The van der Waals surface area contributed by atoms with E-state index >= 15 is 0 Å². The molecule has 6 heteroatoms. The van der Waals surface area contributed by atoms with Crippen molar-refractivity contribution in [1.29, 1.82) is 0 Å². The van der Waals surface area contributed by atoms with Gasteiger partial charge in [0.05, 0.1) is 0 Å². The lowest BCUT2D eigenvalue weighted by Gasteiger charge is -2.08. The van der Waals surface area contributed by atoms with Gasteiger partial charge in [0.1, 0.15) is 0 Å². The van der Waals surface area contributed by atoms with Crippen LogP contribution in [0.5, 0.6) is 0 Å². The number of unbranched alkanes of at least 4 members (excludes halogenated alkanes) is 3. The smallest absolute Gasteiger partial charge is 0.227 e. The first-order valence-electron chi connectivity index (χ1n) is 8.10. The lowest BCUT2D eigenvalue weighted by Crippen LogP contribution is -2.14. The molecule has 2 rings (SSSR count). The lowest BCUT2D eigenvalue weighted by atomic mass is 10.1. The Labute approximate surface area is 143 Å². The SMILES string of the molecule is Cl.NCCCCCCC(=O)Nc1cccc(NC(=O)C2CC2)c1. The molecule has 2 amide bonds. The fourth-order valence-electron chi connectivity index (χ4n) is 2.27. The first kappa shape index (κ1) is 19.5. The van der Waals surface area contributed by atoms with Gasteiger partial charge in [-0.15, -0.1) is 12.4 Å². The minimum Gasteiger partial charge on any atom is -0.330 e. The van der Waals surface area contributed by atoms with Crippen LogP contribution < -0.4 is 16.4 Å². The molecule has 0 aromatic heterocycles. The third kappa shape index (κ3) is 7.48. The predicted molar refractivity (Wildman–Crippen MR) is 95.8 cm³/mol. The van der Waals surface area contributed by atoms with Crippen molar-refractivity contribution >= 4 is 35.6 Å². The molecule has 0 saturated heterocycles. The number of carbonyl (C=O) groups is 2. The summed E-state index contributed by atoms with van der Waals surface area (Å²) in [5, 5.41) is 5.76. The van der Waals surface area contributed by atoms with Gasteiger partial charge in [-0.05, 0) is 50.4 Å². The zero-order valence-corrected chi connectivity index (χ0v) is 14.2. The Morgan fingerprint density at radius 1 is 1.04 bits per heavy atom. The van der Waals surface area contributed by atoms with Crippen molar-refractivity contribution in [3.63, 3.8) is 0 Å². The van der Waals surface area contributed by atoms with E-state index in [0.717, 1.165) is 49.9 Å². The molecule has 1 saturated carbocycles. The van der Waals surface area contributed by atoms with Gasteiger partial charge >= 0.3 is 0 Å². The zero-order valence-electron chi connectivity index (χ0n) is 13.3. The summed E-state index contributed by atoms with van der Waals surface area (Å²) in [4.78, 5) is 23.6. The van der Waals surface area contributed by atoms with Gasteiger partial charge in [-0.2, -0.15) is 0 Å². The van der Waals surface area contributed by atoms with Crippen molar-refractivity contribution in [2.24, 2.45) is 11.7 Å². The zero-order chi connectivity index (χ0) is 15.8. The molecule has 0 bridgehead atoms. The van der Waals surface area contributed by atoms with Crippen LogP contribution in [0.15, 0.2) is 24.3 Å². The van der Waals surface area contributed by atoms with Crippen LogP contribution in [0.3, 0.4) is 0 Å². The van der Waals surface area contributed by atoms with Crippen molar-refractivity contribution in [2.45, 2.75) is 44.9 Å². The summed E-state index contributed by atoms with van der Waals surface area (Å²) >= 11 is 0. The molecule has 0 unspecified atom stereocenters. The molecule has 1 aliphatic rings. The van der Waals surface area contributed by atoms with Gasteiger partial charge in [0.2, 0.25) is 11.8 Å². The second-order valence-electron chi connectivity index (χ2n) is 5.85. The molecule has 128 valence electrons. The minimum absolute atomic E-state index is 0. The number of hydrogen-bond acceptors (Lipinski definition) is 3. The number of rotatable bonds is 9. The van der Waals surface area contributed by atoms with E-state index in [4.69, 9.17) is 5.73 Å². The van der Waals surface area contributed by atoms with E-state index in [1.807, 2.05) is 18.2 Å². The summed E-state index contributed by atoms with van der Waals surface area (Å²) < 4.78 is 0. The van der Waals surface area contributed by atoms with E-state index in [1.165, 1.54) is 0 Å². The number of carbonyl (C=O) groups excluding carboxylic acids is 2. The monoisotopic (exact) mass is 339 g/mol. The van der Waals surface area contributed by atoms with Crippen LogP contribution in [0.2, 0.25) is 0 Å². The van der Waals surface area contributed by atoms with Gasteiger partial charge in [-0.3, -0.25) is 9.59 Å². The van der Waals surface area contributed by atoms with Crippen molar-refractivity contribution in [2.75, 3.05) is 17.2 Å². The largest absolute Gasteiger partial charge is 0.330 e. The second-order valence-corrected chi connectivity index (χ2v) is 5.85. The average molecular weight is 340 g/mol. The van der Waals surface area contributed by atoms with Crippen LogP contribution in [-0.2, 0) is 9.59 Å². The van der Waals surface area contributed by atoms with Crippen LogP contribution in [0.1, 0.15) is 44.9 Å². The standard InChI is InChI=1S/C17H25N3O2.ClH/c18-11-4-2-1-3-8-16(21)19-14-6-5-7-15(12-14)20-17(22)13-9-10-13;/h5-7,12-13H,1-4,8-11,18H2,(H,19,21)(H,20,22);1H. The van der Waals surface area contributed by atoms with E-state index in [0.29, 0.717) is 13.0 Å². The normalized spacial score (nSPS) is 13.1. The third-order valence-electron chi connectivity index (χ3n) is 3.72. The quantitative estimate of drug-likeness (QED) is 0.603. The van der Waals surface area contributed by atoms with E-state index in [2.05, 4.69) is 10.6 Å². The number of benzene rings is 1. The van der Waals surface area contributed by atoms with E-state index < -0.39 is 0 Å². The van der Waals surface area contributed by atoms with Crippen molar-refractivity contribution in [3.05, 3.63) is 24.3 Å². The molecule has 0 heterocycles. The number of anilines is 2. The summed E-state index contributed by atoms with van der Waals surface area (Å²) in [5.41, 5.74) is 6.89. The molecule has 23 heavy (non-hydrogen) atoms. The van der Waals surface area contributed by atoms with E-state index in [-0.39, 0.29) is 30.1 Å². The number of nitrogens with one attached hydrogen (secondary N) is 2. The number of nitrogens with two attached hydrogens (primary N) is 1. The topological polar surface area (TPSA) is 84.2 Å². The Morgan fingerprint density at radius 2 is 1.70 bits per heavy atom. The molecular formula is C17H26ClN3O2. The summed E-state index contributed by atoms with van der Waals surface area (Å²) in [6.45, 7) is 0.714. The summed E-state index contributed by atoms with van der Waals surface area (Å²) in [6, 6.07) is 7.30. The van der Waals surface area contributed by atoms with Crippen LogP contribution in [0, 0.1) is 5.92 Å². The average Bonchev–Trinajstić information content (AvgIpc) is 3.32. The Balaban J connectivity index is 0.00000264. The van der Waals surface area contributed by atoms with E-state index in [1.54, 1.807) is 6.07 Å². The molecular weight excluding hydrogens is 314 g/mol. The van der Waals surface area contributed by atoms with Gasteiger partial charge in [0.15, 0.2) is 0 Å². The maximum Gasteiger partial charge on any atom is 0.227 e. The molecule has 1 aliphatic carbocycles. The molecule has 1 fully saturated rings. The summed E-state index contributed by atoms with van der Waals surface area (Å²) in [7, 11) is 0. The fourth-order valence-corrected chi connectivity index (χ4v) is 2.27. The third-order valence-corrected chi connectivity index (χ3v) is 3.72. The number of halogens is 1. The van der Waals surface area contributed by atoms with Crippen molar-refractivity contribution < 1.29 is 9.59 Å². The highest BCUT2D eigenvalue weighted by molar-refractivity contribution is 5.95. The fraction of sp³-hybridized carbons (Fsp3) is 0.529. The van der Waals surface area contributed by atoms with Gasteiger partial charge in [0, 0.05) is 23.7 Å². The summed E-state index contributed by atoms with van der Waals surface area (Å²) in [6.07, 6.45) is 6.48. The van der Waals surface area contributed by atoms with Crippen molar-refractivity contribution in [1.82, 2.24) is 0 Å². The van der Waals surface area contributed by atoms with Gasteiger partial charge in [-0.25, -0.2) is 0 Å². The second kappa shape index (κ2) is 10.2. The van der Waals surface area contributed by atoms with Gasteiger partial charge < -0.3 is 16.4 Å². The Bertz CT molecular complexity index is 518. The Kier molecular flexibility index (Phi) is 8.66. The number of hydrogen-bond donors (Lipinski definition) is 3. The van der Waals surface area contributed by atoms with Gasteiger partial charge in [-0.1, -0.05) is 18.9 Å². The molecule has 0 aliphatic heterocycles. The van der Waals surface area contributed by atoms with Crippen molar-refractivity contribution in [3.8, 4) is 0 Å². The highest BCUT2D eigenvalue weighted by atomic mass is 35.5. The Morgan fingerprint density at radius 3 is 2.35 bits per heavy atom. The van der Waals surface area contributed by atoms with Crippen LogP contribution >= 0.6 is 12.4 Å². The molecule has 0 radical (unpaired) electrons. The molecule has 0 atom stereocenters. The molecule has 5 nitrogen and oxygen atoms in total.